The van der Waals surface area contributed by atoms with Crippen LogP contribution < -0.4 is 0 Å². The van der Waals surface area contributed by atoms with Crippen LogP contribution in [-0.4, -0.2) is 16.2 Å². The normalized spacial score (nSPS) is 36.4. The molecule has 1 unspecified atom stereocenters. The van der Waals surface area contributed by atoms with Crippen LogP contribution in [0.5, 0.6) is 0 Å². The molecule has 3 rings (SSSR count). The molecule has 2 aliphatic carbocycles. The third-order valence-electron chi connectivity index (χ3n) is 6.59. The van der Waals surface area contributed by atoms with E-state index in [-0.39, 0.29) is 11.3 Å². The number of aliphatic carboxylic acids is 1. The minimum absolute atomic E-state index is 0.0198. The van der Waals surface area contributed by atoms with E-state index in [1.807, 2.05) is 6.92 Å². The summed E-state index contributed by atoms with van der Waals surface area (Å²) >= 11 is 0. The SMILES string of the molecule is CC(C)c1ccc2c(c1)C(O)C[C@H]1[C@@](C)(C(=O)O)CCC[C@]21C. The van der Waals surface area contributed by atoms with Crippen molar-refractivity contribution in [3.05, 3.63) is 34.9 Å². The van der Waals surface area contributed by atoms with Gasteiger partial charge in [0, 0.05) is 0 Å². The van der Waals surface area contributed by atoms with Crippen LogP contribution in [0.25, 0.3) is 0 Å². The zero-order valence-electron chi connectivity index (χ0n) is 14.6. The number of carboxylic acid groups (broad SMARTS) is 1. The minimum Gasteiger partial charge on any atom is -0.481 e. The molecule has 3 heteroatoms. The van der Waals surface area contributed by atoms with Crippen molar-refractivity contribution in [2.24, 2.45) is 11.3 Å². The van der Waals surface area contributed by atoms with Gasteiger partial charge < -0.3 is 10.2 Å². The molecule has 0 amide bonds. The van der Waals surface area contributed by atoms with Crippen molar-refractivity contribution in [3.8, 4) is 0 Å². The van der Waals surface area contributed by atoms with Gasteiger partial charge in [-0.25, -0.2) is 0 Å². The van der Waals surface area contributed by atoms with Crippen LogP contribution in [0.2, 0.25) is 0 Å². The van der Waals surface area contributed by atoms with Gasteiger partial charge in [-0.05, 0) is 60.1 Å². The fourth-order valence-corrected chi connectivity index (χ4v) is 5.06. The highest BCUT2D eigenvalue weighted by molar-refractivity contribution is 5.75. The zero-order chi connectivity index (χ0) is 17.0. The van der Waals surface area contributed by atoms with E-state index in [9.17, 15) is 15.0 Å². The van der Waals surface area contributed by atoms with Crippen LogP contribution in [0.15, 0.2) is 18.2 Å². The molecule has 0 aromatic heterocycles. The molecule has 1 saturated carbocycles. The second-order valence-corrected chi connectivity index (χ2v) is 8.30. The fraction of sp³-hybridized carbons (Fsp3) is 0.650. The van der Waals surface area contributed by atoms with Crippen molar-refractivity contribution in [3.63, 3.8) is 0 Å². The smallest absolute Gasteiger partial charge is 0.309 e. The van der Waals surface area contributed by atoms with E-state index in [2.05, 4.69) is 39.0 Å². The van der Waals surface area contributed by atoms with E-state index in [0.29, 0.717) is 18.8 Å². The molecule has 0 aliphatic heterocycles. The van der Waals surface area contributed by atoms with Crippen molar-refractivity contribution in [2.45, 2.75) is 70.8 Å². The predicted molar refractivity (Wildman–Crippen MR) is 90.5 cm³/mol. The lowest BCUT2D eigenvalue weighted by Crippen LogP contribution is -2.53. The Kier molecular flexibility index (Phi) is 3.83. The van der Waals surface area contributed by atoms with Gasteiger partial charge in [0.1, 0.15) is 0 Å². The van der Waals surface area contributed by atoms with E-state index < -0.39 is 17.5 Å². The number of benzene rings is 1. The highest BCUT2D eigenvalue weighted by Gasteiger charge is 2.56. The summed E-state index contributed by atoms with van der Waals surface area (Å²) in [6.07, 6.45) is 2.62. The number of rotatable bonds is 2. The summed E-state index contributed by atoms with van der Waals surface area (Å²) < 4.78 is 0. The Bertz CT molecular complexity index is 636. The number of hydrogen-bond donors (Lipinski definition) is 2. The van der Waals surface area contributed by atoms with Gasteiger partial charge in [0.15, 0.2) is 0 Å². The van der Waals surface area contributed by atoms with Crippen LogP contribution in [0.1, 0.15) is 82.1 Å². The summed E-state index contributed by atoms with van der Waals surface area (Å²) in [6.45, 7) is 8.39. The van der Waals surface area contributed by atoms with Gasteiger partial charge >= 0.3 is 5.97 Å². The lowest BCUT2D eigenvalue weighted by Gasteiger charge is -2.54. The Hall–Kier alpha value is -1.35. The van der Waals surface area contributed by atoms with E-state index in [1.54, 1.807) is 0 Å². The summed E-state index contributed by atoms with van der Waals surface area (Å²) in [5.41, 5.74) is 2.52. The average molecular weight is 316 g/mol. The monoisotopic (exact) mass is 316 g/mol. The van der Waals surface area contributed by atoms with E-state index in [0.717, 1.165) is 24.0 Å². The molecule has 0 spiro atoms. The summed E-state index contributed by atoms with van der Waals surface area (Å²) in [4.78, 5) is 12.0. The first-order valence-electron chi connectivity index (χ1n) is 8.76. The maximum atomic E-state index is 12.0. The third kappa shape index (κ3) is 2.32. The molecule has 1 fully saturated rings. The molecular weight excluding hydrogens is 288 g/mol. The summed E-state index contributed by atoms with van der Waals surface area (Å²) in [6, 6.07) is 6.43. The van der Waals surface area contributed by atoms with E-state index in [1.165, 1.54) is 5.56 Å². The Labute approximate surface area is 138 Å². The summed E-state index contributed by atoms with van der Waals surface area (Å²) in [5, 5.41) is 20.6. The van der Waals surface area contributed by atoms with Gasteiger partial charge in [-0.15, -0.1) is 0 Å². The average Bonchev–Trinajstić information content (AvgIpc) is 2.49. The fourth-order valence-electron chi connectivity index (χ4n) is 5.06. The van der Waals surface area contributed by atoms with Gasteiger partial charge in [-0.3, -0.25) is 4.79 Å². The number of fused-ring (bicyclic) bond motifs is 3. The summed E-state index contributed by atoms with van der Waals surface area (Å²) in [5.74, 6) is -0.315. The minimum atomic E-state index is -0.748. The van der Waals surface area contributed by atoms with Crippen molar-refractivity contribution in [1.29, 1.82) is 0 Å². The van der Waals surface area contributed by atoms with Crippen molar-refractivity contribution < 1.29 is 15.0 Å². The molecule has 3 nitrogen and oxygen atoms in total. The predicted octanol–water partition coefficient (Wildman–Crippen LogP) is 4.40. The molecule has 0 radical (unpaired) electrons. The number of aliphatic hydroxyl groups is 1. The van der Waals surface area contributed by atoms with E-state index >= 15 is 0 Å². The van der Waals surface area contributed by atoms with Gasteiger partial charge in [0.2, 0.25) is 0 Å². The number of hydrogen-bond acceptors (Lipinski definition) is 2. The molecule has 126 valence electrons. The second kappa shape index (κ2) is 5.34. The standard InChI is InChI=1S/C20H28O3/c1-12(2)13-6-7-15-14(10-13)16(21)11-17-19(15,3)8-5-9-20(17,4)18(22)23/h6-7,10,12,16-17,21H,5,8-9,11H2,1-4H3,(H,22,23)/t16?,17-,19-,20+/m1/s1. The Morgan fingerprint density at radius 1 is 1.26 bits per heavy atom. The molecule has 2 aliphatic rings. The zero-order valence-corrected chi connectivity index (χ0v) is 14.6. The second-order valence-electron chi connectivity index (χ2n) is 8.30. The van der Waals surface area contributed by atoms with Crippen molar-refractivity contribution in [2.75, 3.05) is 0 Å². The molecule has 0 bridgehead atoms. The van der Waals surface area contributed by atoms with Crippen molar-refractivity contribution in [1.82, 2.24) is 0 Å². The Balaban J connectivity index is 2.14. The quantitative estimate of drug-likeness (QED) is 0.850. The van der Waals surface area contributed by atoms with Gasteiger partial charge in [0.25, 0.3) is 0 Å². The number of carbonyl (C=O) groups is 1. The van der Waals surface area contributed by atoms with Crippen LogP contribution >= 0.6 is 0 Å². The Morgan fingerprint density at radius 2 is 1.96 bits per heavy atom. The molecule has 1 aromatic carbocycles. The molecule has 4 atom stereocenters. The van der Waals surface area contributed by atoms with Crippen LogP contribution in [-0.2, 0) is 10.2 Å². The molecule has 0 heterocycles. The summed E-state index contributed by atoms with van der Waals surface area (Å²) in [7, 11) is 0. The molecule has 2 N–H and O–H groups in total. The first kappa shape index (κ1) is 16.5. The lowest BCUT2D eigenvalue weighted by atomic mass is 9.49. The first-order chi connectivity index (χ1) is 10.7. The lowest BCUT2D eigenvalue weighted by molar-refractivity contribution is -0.159. The topological polar surface area (TPSA) is 57.5 Å². The Morgan fingerprint density at radius 3 is 2.57 bits per heavy atom. The highest BCUT2D eigenvalue weighted by Crippen LogP contribution is 2.59. The highest BCUT2D eigenvalue weighted by atomic mass is 16.4. The maximum absolute atomic E-state index is 12.0. The molecular formula is C20H28O3. The van der Waals surface area contributed by atoms with Crippen LogP contribution in [0.3, 0.4) is 0 Å². The van der Waals surface area contributed by atoms with Gasteiger partial charge in [-0.1, -0.05) is 45.4 Å². The molecule has 0 saturated heterocycles. The van der Waals surface area contributed by atoms with Crippen molar-refractivity contribution >= 4 is 5.97 Å². The maximum Gasteiger partial charge on any atom is 0.309 e. The largest absolute Gasteiger partial charge is 0.481 e. The molecule has 1 aromatic rings. The van der Waals surface area contributed by atoms with Gasteiger partial charge in [-0.2, -0.15) is 0 Å². The number of carboxylic acids is 1. The van der Waals surface area contributed by atoms with Gasteiger partial charge in [0.05, 0.1) is 11.5 Å². The third-order valence-corrected chi connectivity index (χ3v) is 6.59. The molecule has 23 heavy (non-hydrogen) atoms. The van der Waals surface area contributed by atoms with Crippen LogP contribution in [0, 0.1) is 11.3 Å². The van der Waals surface area contributed by atoms with E-state index in [4.69, 9.17) is 0 Å². The number of aliphatic hydroxyl groups excluding tert-OH is 1. The first-order valence-corrected chi connectivity index (χ1v) is 8.76. The van der Waals surface area contributed by atoms with Crippen LogP contribution in [0.4, 0.5) is 0 Å².